The fraction of sp³-hybridized carbons (Fsp3) is 0.471. The summed E-state index contributed by atoms with van der Waals surface area (Å²) in [6.45, 7) is 4.06. The summed E-state index contributed by atoms with van der Waals surface area (Å²) >= 11 is 0. The number of nitrogens with one attached hydrogen (secondary N) is 2. The Morgan fingerprint density at radius 1 is 1.24 bits per heavy atom. The highest BCUT2D eigenvalue weighted by Crippen LogP contribution is 2.06. The number of hydrogen-bond donors (Lipinski definition) is 2. The molecule has 1 unspecified atom stereocenters. The average molecular weight is 345 g/mol. The Bertz CT molecular complexity index is 815. The molecular weight excluding hydrogens is 322 g/mol. The zero-order chi connectivity index (χ0) is 18.4. The molecule has 0 aliphatic carbocycles. The standard InChI is InChI=1S/C17H23N5O3/c1-11(2)10-14(16(24)18-3)19-15(23)8-9-22-17(25)12-6-4-5-7-13(12)20-21-22/h4-7,11,14H,8-10H2,1-3H3,(H,18,24)(H,19,23). The van der Waals surface area contributed by atoms with E-state index in [1.54, 1.807) is 24.3 Å². The molecule has 25 heavy (non-hydrogen) atoms. The van der Waals surface area contributed by atoms with Crippen LogP contribution in [0.2, 0.25) is 0 Å². The first-order chi connectivity index (χ1) is 11.9. The first-order valence-electron chi connectivity index (χ1n) is 8.26. The van der Waals surface area contributed by atoms with Gasteiger partial charge in [-0.2, -0.15) is 0 Å². The Labute approximate surface area is 145 Å². The van der Waals surface area contributed by atoms with Crippen LogP contribution in [-0.4, -0.2) is 39.9 Å². The van der Waals surface area contributed by atoms with Gasteiger partial charge in [0.15, 0.2) is 0 Å². The lowest BCUT2D eigenvalue weighted by Crippen LogP contribution is -2.46. The van der Waals surface area contributed by atoms with Crippen LogP contribution in [0, 0.1) is 5.92 Å². The number of fused-ring (bicyclic) bond motifs is 1. The predicted octanol–water partition coefficient (Wildman–Crippen LogP) is 0.459. The second kappa shape index (κ2) is 8.36. The molecule has 0 aliphatic heterocycles. The number of aromatic nitrogens is 3. The molecule has 2 aromatic rings. The third kappa shape index (κ3) is 4.85. The van der Waals surface area contributed by atoms with Crippen molar-refractivity contribution in [2.45, 2.75) is 39.3 Å². The van der Waals surface area contributed by atoms with Gasteiger partial charge in [0.2, 0.25) is 11.8 Å². The molecule has 8 heteroatoms. The van der Waals surface area contributed by atoms with Gasteiger partial charge in [0.1, 0.15) is 11.6 Å². The fourth-order valence-electron chi connectivity index (χ4n) is 2.52. The lowest BCUT2D eigenvalue weighted by atomic mass is 10.0. The molecule has 2 N–H and O–H groups in total. The molecule has 8 nitrogen and oxygen atoms in total. The number of amides is 2. The Balaban J connectivity index is 2.03. The highest BCUT2D eigenvalue weighted by molar-refractivity contribution is 5.87. The summed E-state index contributed by atoms with van der Waals surface area (Å²) in [6, 6.07) is 6.33. The van der Waals surface area contributed by atoms with Gasteiger partial charge >= 0.3 is 0 Å². The minimum absolute atomic E-state index is 0.0402. The van der Waals surface area contributed by atoms with E-state index < -0.39 is 6.04 Å². The Morgan fingerprint density at radius 3 is 2.64 bits per heavy atom. The van der Waals surface area contributed by atoms with Crippen LogP contribution in [-0.2, 0) is 16.1 Å². The van der Waals surface area contributed by atoms with E-state index in [4.69, 9.17) is 0 Å². The highest BCUT2D eigenvalue weighted by atomic mass is 16.2. The largest absolute Gasteiger partial charge is 0.357 e. The van der Waals surface area contributed by atoms with Crippen molar-refractivity contribution in [2.24, 2.45) is 5.92 Å². The minimum Gasteiger partial charge on any atom is -0.357 e. The van der Waals surface area contributed by atoms with Gasteiger partial charge in [0.05, 0.1) is 11.9 Å². The maximum atomic E-state index is 12.3. The van der Waals surface area contributed by atoms with Crippen LogP contribution in [0.25, 0.3) is 10.9 Å². The van der Waals surface area contributed by atoms with Crippen LogP contribution in [0.1, 0.15) is 26.7 Å². The number of carbonyl (C=O) groups is 2. The van der Waals surface area contributed by atoms with Gasteiger partial charge in [-0.25, -0.2) is 4.68 Å². The lowest BCUT2D eigenvalue weighted by Gasteiger charge is -2.19. The quantitative estimate of drug-likeness (QED) is 0.758. The third-order valence-electron chi connectivity index (χ3n) is 3.79. The van der Waals surface area contributed by atoms with E-state index in [0.717, 1.165) is 0 Å². The zero-order valence-electron chi connectivity index (χ0n) is 14.7. The second-order valence-corrected chi connectivity index (χ2v) is 6.25. The van der Waals surface area contributed by atoms with Gasteiger partial charge < -0.3 is 10.6 Å². The Hall–Kier alpha value is -2.77. The molecule has 1 atom stereocenters. The molecule has 0 saturated carbocycles. The summed E-state index contributed by atoms with van der Waals surface area (Å²) < 4.78 is 1.17. The van der Waals surface area contributed by atoms with E-state index >= 15 is 0 Å². The van der Waals surface area contributed by atoms with Crippen LogP contribution in [0.4, 0.5) is 0 Å². The van der Waals surface area contributed by atoms with E-state index in [-0.39, 0.29) is 36.3 Å². The number of nitrogens with zero attached hydrogens (tertiary/aromatic N) is 3. The molecule has 134 valence electrons. The van der Waals surface area contributed by atoms with Gasteiger partial charge in [0.25, 0.3) is 5.56 Å². The van der Waals surface area contributed by atoms with Crippen molar-refractivity contribution < 1.29 is 9.59 Å². The molecule has 2 rings (SSSR count). The first kappa shape index (κ1) is 18.6. The Morgan fingerprint density at radius 2 is 1.96 bits per heavy atom. The molecular formula is C17H23N5O3. The number of likely N-dealkylation sites (N-methyl/N-ethyl adjacent to an activating group) is 1. The van der Waals surface area contributed by atoms with Crippen molar-refractivity contribution in [3.05, 3.63) is 34.6 Å². The van der Waals surface area contributed by atoms with Crippen molar-refractivity contribution in [3.8, 4) is 0 Å². The van der Waals surface area contributed by atoms with E-state index in [2.05, 4.69) is 20.9 Å². The predicted molar refractivity (Wildman–Crippen MR) is 93.9 cm³/mol. The number of aryl methyl sites for hydroxylation is 1. The molecule has 1 aromatic carbocycles. The molecule has 0 aliphatic rings. The minimum atomic E-state index is -0.586. The lowest BCUT2D eigenvalue weighted by molar-refractivity contribution is -0.129. The van der Waals surface area contributed by atoms with Crippen molar-refractivity contribution in [2.75, 3.05) is 7.05 Å². The van der Waals surface area contributed by atoms with Crippen molar-refractivity contribution in [1.82, 2.24) is 25.6 Å². The first-order valence-corrected chi connectivity index (χ1v) is 8.26. The molecule has 0 radical (unpaired) electrons. The third-order valence-corrected chi connectivity index (χ3v) is 3.79. The molecule has 0 fully saturated rings. The smallest absolute Gasteiger partial charge is 0.277 e. The second-order valence-electron chi connectivity index (χ2n) is 6.25. The number of carbonyl (C=O) groups excluding carboxylic acids is 2. The van der Waals surface area contributed by atoms with Gasteiger partial charge in [-0.15, -0.1) is 5.10 Å². The SMILES string of the molecule is CNC(=O)C(CC(C)C)NC(=O)CCn1nnc2ccccc2c1=O. The van der Waals surface area contributed by atoms with Crippen LogP contribution in [0.5, 0.6) is 0 Å². The fourth-order valence-corrected chi connectivity index (χ4v) is 2.52. The molecule has 0 spiro atoms. The van der Waals surface area contributed by atoms with E-state index in [9.17, 15) is 14.4 Å². The highest BCUT2D eigenvalue weighted by Gasteiger charge is 2.20. The van der Waals surface area contributed by atoms with Crippen LogP contribution in [0.15, 0.2) is 29.1 Å². The van der Waals surface area contributed by atoms with E-state index in [0.29, 0.717) is 17.3 Å². The number of hydrogen-bond acceptors (Lipinski definition) is 5. The van der Waals surface area contributed by atoms with E-state index in [1.165, 1.54) is 11.7 Å². The van der Waals surface area contributed by atoms with Crippen molar-refractivity contribution in [3.63, 3.8) is 0 Å². The number of rotatable bonds is 7. The summed E-state index contributed by atoms with van der Waals surface area (Å²) in [6.07, 6.45) is 0.583. The maximum Gasteiger partial charge on any atom is 0.277 e. The average Bonchev–Trinajstić information content (AvgIpc) is 2.59. The summed E-state index contributed by atoms with van der Waals surface area (Å²) in [5, 5.41) is 13.5. The monoisotopic (exact) mass is 345 g/mol. The summed E-state index contributed by atoms with van der Waals surface area (Å²) in [7, 11) is 1.53. The van der Waals surface area contributed by atoms with Crippen LogP contribution >= 0.6 is 0 Å². The van der Waals surface area contributed by atoms with Crippen LogP contribution in [0.3, 0.4) is 0 Å². The van der Waals surface area contributed by atoms with Gasteiger partial charge in [-0.05, 0) is 24.5 Å². The van der Waals surface area contributed by atoms with Crippen LogP contribution < -0.4 is 16.2 Å². The van der Waals surface area contributed by atoms with Gasteiger partial charge in [-0.3, -0.25) is 14.4 Å². The summed E-state index contributed by atoms with van der Waals surface area (Å²) in [5.41, 5.74) is 0.230. The molecule has 2 amide bonds. The topological polar surface area (TPSA) is 106 Å². The molecule has 1 aromatic heterocycles. The molecule has 0 bridgehead atoms. The van der Waals surface area contributed by atoms with Crippen molar-refractivity contribution in [1.29, 1.82) is 0 Å². The maximum absolute atomic E-state index is 12.3. The summed E-state index contributed by atoms with van der Waals surface area (Å²) in [5.74, 6) is -0.280. The zero-order valence-corrected chi connectivity index (χ0v) is 14.7. The molecule has 0 saturated heterocycles. The van der Waals surface area contributed by atoms with Gasteiger partial charge in [0, 0.05) is 13.5 Å². The van der Waals surface area contributed by atoms with E-state index in [1.807, 2.05) is 13.8 Å². The van der Waals surface area contributed by atoms with Crippen molar-refractivity contribution >= 4 is 22.7 Å². The normalized spacial score (nSPS) is 12.2. The summed E-state index contributed by atoms with van der Waals surface area (Å²) in [4.78, 5) is 36.3. The molecule has 1 heterocycles. The van der Waals surface area contributed by atoms with Gasteiger partial charge in [-0.1, -0.05) is 31.2 Å². The Kier molecular flexibility index (Phi) is 6.21. The number of benzene rings is 1.